The standard InChI is InChI=1S/C17H16O3.C16H14O3/c1-2-17(18)20-13-12-19-16-11-7-6-10-15(16)14-8-4-3-5-9-14;1-2-16(17)18-12-13-7-6-10-15(11-13)19-14-8-4-3-5-9-14/h2-11H,1,12-13H2;2-11H,1,12H2. The highest BCUT2D eigenvalue weighted by molar-refractivity contribution is 5.81. The maximum Gasteiger partial charge on any atom is 0.330 e. The Bertz CT molecular complexity index is 1350. The fourth-order valence-corrected chi connectivity index (χ4v) is 3.34. The van der Waals surface area contributed by atoms with Crippen LogP contribution in [-0.2, 0) is 25.7 Å². The van der Waals surface area contributed by atoms with Crippen LogP contribution in [0.2, 0.25) is 0 Å². The molecular weight excluding hydrogens is 492 g/mol. The van der Waals surface area contributed by atoms with Crippen LogP contribution in [0.4, 0.5) is 0 Å². The Morgan fingerprint density at radius 2 is 1.26 bits per heavy atom. The molecule has 0 radical (unpaired) electrons. The highest BCUT2D eigenvalue weighted by Crippen LogP contribution is 2.29. The van der Waals surface area contributed by atoms with Crippen LogP contribution in [-0.4, -0.2) is 25.2 Å². The number of hydrogen-bond donors (Lipinski definition) is 0. The summed E-state index contributed by atoms with van der Waals surface area (Å²) in [7, 11) is 0. The van der Waals surface area contributed by atoms with Crippen molar-refractivity contribution >= 4 is 11.9 Å². The van der Waals surface area contributed by atoms with Gasteiger partial charge >= 0.3 is 11.9 Å². The van der Waals surface area contributed by atoms with Gasteiger partial charge in [-0.1, -0.05) is 92.0 Å². The molecule has 6 heteroatoms. The molecule has 0 aliphatic carbocycles. The second kappa shape index (κ2) is 15.9. The van der Waals surface area contributed by atoms with E-state index >= 15 is 0 Å². The summed E-state index contributed by atoms with van der Waals surface area (Å²) in [4.78, 5) is 21.9. The Hall–Kier alpha value is -5.10. The zero-order valence-corrected chi connectivity index (χ0v) is 21.5. The molecule has 39 heavy (non-hydrogen) atoms. The van der Waals surface area contributed by atoms with Crippen molar-refractivity contribution in [3.8, 4) is 28.4 Å². The van der Waals surface area contributed by atoms with Gasteiger partial charge in [0.15, 0.2) is 0 Å². The van der Waals surface area contributed by atoms with Gasteiger partial charge in [0.1, 0.15) is 37.1 Å². The average molecular weight is 523 g/mol. The zero-order valence-electron chi connectivity index (χ0n) is 21.5. The average Bonchev–Trinajstić information content (AvgIpc) is 2.99. The Labute approximate surface area is 228 Å². The molecule has 4 aromatic carbocycles. The van der Waals surface area contributed by atoms with E-state index in [1.54, 1.807) is 0 Å². The number of carbonyl (C=O) groups is 2. The maximum absolute atomic E-state index is 11.0. The lowest BCUT2D eigenvalue weighted by atomic mass is 10.1. The van der Waals surface area contributed by atoms with Crippen molar-refractivity contribution in [1.29, 1.82) is 0 Å². The summed E-state index contributed by atoms with van der Waals surface area (Å²) in [5.41, 5.74) is 2.97. The predicted octanol–water partition coefficient (Wildman–Crippen LogP) is 7.17. The molecule has 0 fully saturated rings. The third-order valence-electron chi connectivity index (χ3n) is 5.15. The smallest absolute Gasteiger partial charge is 0.330 e. The summed E-state index contributed by atoms with van der Waals surface area (Å²) in [6.45, 7) is 7.40. The first-order chi connectivity index (χ1) is 19.1. The molecule has 0 aliphatic heterocycles. The fourth-order valence-electron chi connectivity index (χ4n) is 3.34. The van der Waals surface area contributed by atoms with Crippen LogP contribution in [0.15, 0.2) is 135 Å². The van der Waals surface area contributed by atoms with E-state index in [-0.39, 0.29) is 13.2 Å². The molecule has 198 valence electrons. The molecule has 0 aliphatic rings. The van der Waals surface area contributed by atoms with Crippen molar-refractivity contribution in [2.45, 2.75) is 6.61 Å². The number of ether oxygens (including phenoxy) is 4. The SMILES string of the molecule is C=CC(=O)OCCOc1ccccc1-c1ccccc1.C=CC(=O)OCc1cccc(Oc2ccccc2)c1. The Balaban J connectivity index is 0.000000216. The fraction of sp³-hybridized carbons (Fsp3) is 0.0909. The second-order valence-corrected chi connectivity index (χ2v) is 7.96. The molecular formula is C33H30O6. The largest absolute Gasteiger partial charge is 0.489 e. The predicted molar refractivity (Wildman–Crippen MR) is 151 cm³/mol. The number of hydrogen-bond acceptors (Lipinski definition) is 6. The van der Waals surface area contributed by atoms with E-state index in [4.69, 9.17) is 18.9 Å². The van der Waals surface area contributed by atoms with E-state index in [9.17, 15) is 9.59 Å². The first kappa shape index (κ1) is 28.5. The van der Waals surface area contributed by atoms with Gasteiger partial charge in [-0.05, 0) is 41.5 Å². The molecule has 0 saturated carbocycles. The number of rotatable bonds is 11. The van der Waals surface area contributed by atoms with Gasteiger partial charge in [0.2, 0.25) is 0 Å². The van der Waals surface area contributed by atoms with Crippen LogP contribution in [0.25, 0.3) is 11.1 Å². The van der Waals surface area contributed by atoms with Gasteiger partial charge in [-0.3, -0.25) is 0 Å². The van der Waals surface area contributed by atoms with E-state index in [1.807, 2.05) is 109 Å². The summed E-state index contributed by atoms with van der Waals surface area (Å²) in [5, 5.41) is 0. The third-order valence-corrected chi connectivity index (χ3v) is 5.15. The Morgan fingerprint density at radius 1 is 0.641 bits per heavy atom. The summed E-state index contributed by atoms with van der Waals surface area (Å²) >= 11 is 0. The second-order valence-electron chi connectivity index (χ2n) is 7.96. The Kier molecular flexibility index (Phi) is 11.6. The zero-order chi connectivity index (χ0) is 27.7. The van der Waals surface area contributed by atoms with Gasteiger partial charge in [-0.25, -0.2) is 9.59 Å². The molecule has 0 atom stereocenters. The number of esters is 2. The van der Waals surface area contributed by atoms with Gasteiger partial charge in [0.05, 0.1) is 0 Å². The van der Waals surface area contributed by atoms with Gasteiger partial charge in [-0.2, -0.15) is 0 Å². The van der Waals surface area contributed by atoms with Crippen LogP contribution in [0, 0.1) is 0 Å². The van der Waals surface area contributed by atoms with E-state index < -0.39 is 11.9 Å². The monoisotopic (exact) mass is 522 g/mol. The van der Waals surface area contributed by atoms with Crippen molar-refractivity contribution in [2.75, 3.05) is 13.2 Å². The van der Waals surface area contributed by atoms with Gasteiger partial charge in [-0.15, -0.1) is 0 Å². The summed E-state index contributed by atoms with van der Waals surface area (Å²) < 4.78 is 21.2. The number of para-hydroxylation sites is 2. The highest BCUT2D eigenvalue weighted by atomic mass is 16.6. The first-order valence-electron chi connectivity index (χ1n) is 12.3. The van der Waals surface area contributed by atoms with Crippen molar-refractivity contribution in [3.63, 3.8) is 0 Å². The van der Waals surface area contributed by atoms with E-state index in [0.717, 1.165) is 40.3 Å². The Morgan fingerprint density at radius 3 is 1.97 bits per heavy atom. The van der Waals surface area contributed by atoms with E-state index in [1.165, 1.54) is 0 Å². The van der Waals surface area contributed by atoms with E-state index in [2.05, 4.69) is 13.2 Å². The molecule has 0 saturated heterocycles. The van der Waals surface area contributed by atoms with E-state index in [0.29, 0.717) is 12.4 Å². The van der Waals surface area contributed by atoms with Crippen molar-refractivity contribution < 1.29 is 28.5 Å². The summed E-state index contributed by atoms with van der Waals surface area (Å²) in [6.07, 6.45) is 2.28. The first-order valence-corrected chi connectivity index (χ1v) is 12.3. The molecule has 0 aromatic heterocycles. The molecule has 0 heterocycles. The minimum absolute atomic E-state index is 0.202. The van der Waals surface area contributed by atoms with Crippen molar-refractivity contribution in [1.82, 2.24) is 0 Å². The van der Waals surface area contributed by atoms with Crippen molar-refractivity contribution in [2.24, 2.45) is 0 Å². The van der Waals surface area contributed by atoms with Gasteiger partial charge in [0.25, 0.3) is 0 Å². The minimum Gasteiger partial charge on any atom is -0.489 e. The van der Waals surface area contributed by atoms with Gasteiger partial charge in [0, 0.05) is 17.7 Å². The number of carbonyl (C=O) groups excluding carboxylic acids is 2. The minimum atomic E-state index is -0.440. The molecule has 0 spiro atoms. The molecule has 0 unspecified atom stereocenters. The third kappa shape index (κ3) is 10.1. The summed E-state index contributed by atoms with van der Waals surface area (Å²) in [6, 6.07) is 34.7. The molecule has 0 N–H and O–H groups in total. The topological polar surface area (TPSA) is 71.1 Å². The molecule has 4 rings (SSSR count). The van der Waals surface area contributed by atoms with Crippen LogP contribution in [0.3, 0.4) is 0 Å². The maximum atomic E-state index is 11.0. The quantitative estimate of drug-likeness (QED) is 0.118. The van der Waals surface area contributed by atoms with Crippen LogP contribution < -0.4 is 9.47 Å². The normalized spacial score (nSPS) is 9.74. The van der Waals surface area contributed by atoms with Crippen LogP contribution >= 0.6 is 0 Å². The molecule has 0 bridgehead atoms. The lowest BCUT2D eigenvalue weighted by molar-refractivity contribution is -0.139. The van der Waals surface area contributed by atoms with Crippen molar-refractivity contribution in [3.05, 3.63) is 140 Å². The lowest BCUT2D eigenvalue weighted by Gasteiger charge is -2.11. The van der Waals surface area contributed by atoms with Crippen LogP contribution in [0.5, 0.6) is 17.2 Å². The summed E-state index contributed by atoms with van der Waals surface area (Å²) in [5.74, 6) is 1.37. The van der Waals surface area contributed by atoms with Crippen LogP contribution in [0.1, 0.15) is 5.56 Å². The number of benzene rings is 4. The molecule has 0 amide bonds. The lowest BCUT2D eigenvalue weighted by Crippen LogP contribution is -2.10. The highest BCUT2D eigenvalue weighted by Gasteiger charge is 2.05. The van der Waals surface area contributed by atoms with Gasteiger partial charge < -0.3 is 18.9 Å². The molecule has 4 aromatic rings. The molecule has 6 nitrogen and oxygen atoms in total.